The van der Waals surface area contributed by atoms with Gasteiger partial charge >= 0.3 is 0 Å². The van der Waals surface area contributed by atoms with Crippen LogP contribution in [0.25, 0.3) is 0 Å². The Morgan fingerprint density at radius 1 is 1.09 bits per heavy atom. The molecule has 0 atom stereocenters. The molecule has 0 radical (unpaired) electrons. The quantitative estimate of drug-likeness (QED) is 0.726. The van der Waals surface area contributed by atoms with Crippen molar-refractivity contribution < 1.29 is 9.53 Å². The molecule has 2 rings (SSSR count). The molecule has 3 nitrogen and oxygen atoms in total. The Morgan fingerprint density at radius 3 is 2.55 bits per heavy atom. The zero-order valence-electron chi connectivity index (χ0n) is 11.2. The number of nitrogens with one attached hydrogen (secondary N) is 1. The van der Waals surface area contributed by atoms with E-state index in [9.17, 15) is 4.79 Å². The van der Waals surface area contributed by atoms with Crippen LogP contribution in [0, 0.1) is 0 Å². The summed E-state index contributed by atoms with van der Waals surface area (Å²) < 4.78 is 6.21. The van der Waals surface area contributed by atoms with Gasteiger partial charge in [-0.15, -0.1) is 0 Å². The smallest absolute Gasteiger partial charge is 0.258 e. The Labute approximate surface area is 151 Å². The minimum Gasteiger partial charge on any atom is -0.482 e. The largest absolute Gasteiger partial charge is 0.482 e. The molecule has 0 spiro atoms. The van der Waals surface area contributed by atoms with Crippen molar-refractivity contribution in [2.45, 2.75) is 6.54 Å². The first-order valence-electron chi connectivity index (χ1n) is 6.24. The second-order valence-electron chi connectivity index (χ2n) is 4.38. The van der Waals surface area contributed by atoms with Crippen LogP contribution < -0.4 is 10.1 Å². The standard InChI is InChI=1S/C15H11BrCl3NO2/c16-10-2-4-14(13(19)5-10)22-8-15(21)20-7-9-1-3-11(17)6-12(9)18/h1-6H,7-8H2,(H,20,21). The van der Waals surface area contributed by atoms with Crippen molar-refractivity contribution in [2.75, 3.05) is 6.61 Å². The predicted octanol–water partition coefficient (Wildman–Crippen LogP) is 5.10. The molecule has 2 aromatic rings. The zero-order chi connectivity index (χ0) is 16.1. The van der Waals surface area contributed by atoms with Gasteiger partial charge in [-0.25, -0.2) is 0 Å². The van der Waals surface area contributed by atoms with Gasteiger partial charge in [0.25, 0.3) is 5.91 Å². The third-order valence-electron chi connectivity index (χ3n) is 2.74. The van der Waals surface area contributed by atoms with Crippen LogP contribution in [0.4, 0.5) is 0 Å². The van der Waals surface area contributed by atoms with Gasteiger partial charge in [0.1, 0.15) is 5.75 Å². The average molecular weight is 424 g/mol. The molecule has 0 heterocycles. The molecule has 22 heavy (non-hydrogen) atoms. The van der Waals surface area contributed by atoms with E-state index in [1.54, 1.807) is 36.4 Å². The Morgan fingerprint density at radius 2 is 1.86 bits per heavy atom. The van der Waals surface area contributed by atoms with E-state index >= 15 is 0 Å². The van der Waals surface area contributed by atoms with E-state index in [0.717, 1.165) is 10.0 Å². The van der Waals surface area contributed by atoms with Gasteiger partial charge in [0.05, 0.1) is 5.02 Å². The maximum Gasteiger partial charge on any atom is 0.258 e. The molecule has 0 aliphatic carbocycles. The summed E-state index contributed by atoms with van der Waals surface area (Å²) in [5.74, 6) is 0.176. The topological polar surface area (TPSA) is 38.3 Å². The van der Waals surface area contributed by atoms with Gasteiger partial charge < -0.3 is 10.1 Å². The van der Waals surface area contributed by atoms with E-state index in [1.807, 2.05) is 0 Å². The molecule has 0 saturated heterocycles. The summed E-state index contributed by atoms with van der Waals surface area (Å²) in [7, 11) is 0. The van der Waals surface area contributed by atoms with E-state index in [2.05, 4.69) is 21.2 Å². The van der Waals surface area contributed by atoms with E-state index < -0.39 is 0 Å². The molecular formula is C15H11BrCl3NO2. The van der Waals surface area contributed by atoms with Crippen molar-refractivity contribution >= 4 is 56.6 Å². The van der Waals surface area contributed by atoms with Crippen LogP contribution in [0.1, 0.15) is 5.56 Å². The summed E-state index contributed by atoms with van der Waals surface area (Å²) in [5.41, 5.74) is 0.779. The second-order valence-corrected chi connectivity index (χ2v) is 6.54. The third kappa shape index (κ3) is 5.06. The van der Waals surface area contributed by atoms with Crippen LogP contribution in [0.2, 0.25) is 15.1 Å². The summed E-state index contributed by atoms with van der Waals surface area (Å²) in [6, 6.07) is 10.3. The number of benzene rings is 2. The van der Waals surface area contributed by atoms with E-state index in [-0.39, 0.29) is 12.5 Å². The van der Waals surface area contributed by atoms with Crippen molar-refractivity contribution in [2.24, 2.45) is 0 Å². The van der Waals surface area contributed by atoms with Crippen molar-refractivity contribution in [3.63, 3.8) is 0 Å². The minimum absolute atomic E-state index is 0.132. The van der Waals surface area contributed by atoms with Crippen molar-refractivity contribution in [3.05, 3.63) is 61.5 Å². The van der Waals surface area contributed by atoms with Crippen LogP contribution in [0.5, 0.6) is 5.75 Å². The van der Waals surface area contributed by atoms with Gasteiger partial charge in [-0.1, -0.05) is 56.8 Å². The number of halogens is 4. The van der Waals surface area contributed by atoms with Crippen molar-refractivity contribution in [1.29, 1.82) is 0 Å². The molecule has 2 aromatic carbocycles. The summed E-state index contributed by atoms with van der Waals surface area (Å²) in [4.78, 5) is 11.8. The molecule has 0 aliphatic rings. The lowest BCUT2D eigenvalue weighted by atomic mass is 10.2. The third-order valence-corrected chi connectivity index (χ3v) is 4.12. The minimum atomic E-state index is -0.273. The summed E-state index contributed by atoms with van der Waals surface area (Å²) in [6.45, 7) is 0.166. The molecule has 1 amide bonds. The number of ether oxygens (including phenoxy) is 1. The maximum absolute atomic E-state index is 11.8. The van der Waals surface area contributed by atoms with Gasteiger partial charge in [-0.3, -0.25) is 4.79 Å². The Hall–Kier alpha value is -0.940. The molecule has 7 heteroatoms. The summed E-state index contributed by atoms with van der Waals surface area (Å²) in [6.07, 6.45) is 0. The Bertz CT molecular complexity index is 637. The molecule has 0 bridgehead atoms. The molecule has 116 valence electrons. The van der Waals surface area contributed by atoms with Crippen LogP contribution in [0.15, 0.2) is 40.9 Å². The van der Waals surface area contributed by atoms with Crippen LogP contribution >= 0.6 is 50.7 Å². The lowest BCUT2D eigenvalue weighted by Crippen LogP contribution is -2.28. The van der Waals surface area contributed by atoms with Crippen LogP contribution in [-0.2, 0) is 11.3 Å². The number of carbonyl (C=O) groups excluding carboxylic acids is 1. The van der Waals surface area contributed by atoms with Gasteiger partial charge in [-0.05, 0) is 35.9 Å². The fraction of sp³-hybridized carbons (Fsp3) is 0.133. The highest BCUT2D eigenvalue weighted by atomic mass is 79.9. The molecule has 0 aromatic heterocycles. The first kappa shape index (κ1) is 17.4. The van der Waals surface area contributed by atoms with Gasteiger partial charge in [0.15, 0.2) is 6.61 Å². The fourth-order valence-corrected chi connectivity index (χ4v) is 2.85. The lowest BCUT2D eigenvalue weighted by Gasteiger charge is -2.10. The summed E-state index contributed by atoms with van der Waals surface area (Å²) in [5, 5.41) is 4.20. The predicted molar refractivity (Wildman–Crippen MR) is 93.0 cm³/mol. The van der Waals surface area contributed by atoms with Gasteiger partial charge in [-0.2, -0.15) is 0 Å². The lowest BCUT2D eigenvalue weighted by molar-refractivity contribution is -0.123. The molecule has 0 unspecified atom stereocenters. The average Bonchev–Trinajstić information content (AvgIpc) is 2.45. The number of amides is 1. The van der Waals surface area contributed by atoms with E-state index in [4.69, 9.17) is 39.5 Å². The fourth-order valence-electron chi connectivity index (χ4n) is 1.65. The van der Waals surface area contributed by atoms with E-state index in [1.165, 1.54) is 0 Å². The first-order chi connectivity index (χ1) is 10.5. The van der Waals surface area contributed by atoms with E-state index in [0.29, 0.717) is 27.4 Å². The first-order valence-corrected chi connectivity index (χ1v) is 8.17. The SMILES string of the molecule is O=C(COc1ccc(Br)cc1Cl)NCc1ccc(Cl)cc1Cl. The highest BCUT2D eigenvalue weighted by Crippen LogP contribution is 2.27. The second kappa shape index (κ2) is 8.06. The maximum atomic E-state index is 11.8. The monoisotopic (exact) mass is 421 g/mol. The van der Waals surface area contributed by atoms with Gasteiger partial charge in [0, 0.05) is 21.1 Å². The number of carbonyl (C=O) groups is 1. The Kier molecular flexibility index (Phi) is 6.38. The summed E-state index contributed by atoms with van der Waals surface area (Å²) >= 11 is 21.2. The highest BCUT2D eigenvalue weighted by Gasteiger charge is 2.08. The number of rotatable bonds is 5. The highest BCUT2D eigenvalue weighted by molar-refractivity contribution is 9.10. The van der Waals surface area contributed by atoms with Crippen LogP contribution in [-0.4, -0.2) is 12.5 Å². The Balaban J connectivity index is 1.85. The normalized spacial score (nSPS) is 10.4. The molecule has 0 aliphatic heterocycles. The number of hydrogen-bond acceptors (Lipinski definition) is 2. The van der Waals surface area contributed by atoms with Gasteiger partial charge in [0.2, 0.25) is 0 Å². The molecule has 0 saturated carbocycles. The molecule has 1 N–H and O–H groups in total. The van der Waals surface area contributed by atoms with Crippen molar-refractivity contribution in [1.82, 2.24) is 5.32 Å². The zero-order valence-corrected chi connectivity index (χ0v) is 15.1. The molecular weight excluding hydrogens is 412 g/mol. The molecule has 0 fully saturated rings. The number of hydrogen-bond donors (Lipinski definition) is 1. The van der Waals surface area contributed by atoms with Crippen LogP contribution in [0.3, 0.4) is 0 Å². The van der Waals surface area contributed by atoms with Crippen molar-refractivity contribution in [3.8, 4) is 5.75 Å².